The van der Waals surface area contributed by atoms with Crippen molar-refractivity contribution in [3.05, 3.63) is 57.6 Å². The van der Waals surface area contributed by atoms with Crippen molar-refractivity contribution in [2.24, 2.45) is 10.8 Å². The van der Waals surface area contributed by atoms with Gasteiger partial charge < -0.3 is 15.2 Å². The average molecular weight is 512 g/mol. The van der Waals surface area contributed by atoms with Crippen LogP contribution in [-0.4, -0.2) is 31.2 Å². The predicted octanol–water partition coefficient (Wildman–Crippen LogP) is 4.15. The molecule has 0 saturated heterocycles. The Morgan fingerprint density at radius 1 is 1.28 bits per heavy atom. The maximum absolute atomic E-state index is 13.0. The Morgan fingerprint density at radius 2 is 2.00 bits per heavy atom. The molecule has 0 aliphatic carbocycles. The number of rotatable bonds is 6. The number of hydrogen-bond acceptors (Lipinski definition) is 5. The lowest BCUT2D eigenvalue weighted by molar-refractivity contribution is -0.137. The third-order valence-corrected chi connectivity index (χ3v) is 4.99. The Kier molecular flexibility index (Phi) is 6.58. The highest BCUT2D eigenvalue weighted by atomic mass is 79.9. The predicted molar refractivity (Wildman–Crippen MR) is 115 cm³/mol. The molecule has 168 valence electrons. The highest BCUT2D eigenvalue weighted by Gasteiger charge is 2.33. The number of halogens is 4. The van der Waals surface area contributed by atoms with Gasteiger partial charge in [0.15, 0.2) is 18.1 Å². The molecule has 1 aliphatic heterocycles. The van der Waals surface area contributed by atoms with E-state index in [1.165, 1.54) is 25.3 Å². The normalized spacial score (nSPS) is 15.2. The number of ether oxygens (including phenoxy) is 2. The van der Waals surface area contributed by atoms with Crippen LogP contribution in [0.2, 0.25) is 0 Å². The van der Waals surface area contributed by atoms with Crippen LogP contribution in [0.3, 0.4) is 0 Å². The van der Waals surface area contributed by atoms with Crippen molar-refractivity contribution in [3.8, 4) is 11.5 Å². The van der Waals surface area contributed by atoms with E-state index >= 15 is 0 Å². The zero-order valence-electron chi connectivity index (χ0n) is 16.9. The zero-order chi connectivity index (χ0) is 23.6. The van der Waals surface area contributed by atoms with E-state index in [9.17, 15) is 22.8 Å². The SMILES string of the molecule is COc1cc(C=C2C(=O)N(c3cccc(C(F)(F)F)c3)N=C2C)cc(Br)c1OCC(N)=O. The number of benzene rings is 2. The van der Waals surface area contributed by atoms with E-state index in [2.05, 4.69) is 21.0 Å². The molecule has 7 nitrogen and oxygen atoms in total. The van der Waals surface area contributed by atoms with Crippen LogP contribution in [0.15, 0.2) is 51.5 Å². The second-order valence-corrected chi connectivity index (χ2v) is 7.55. The minimum absolute atomic E-state index is 0.00142. The number of hydrogen-bond donors (Lipinski definition) is 1. The van der Waals surface area contributed by atoms with Crippen LogP contribution in [0.4, 0.5) is 18.9 Å². The van der Waals surface area contributed by atoms with E-state index in [1.807, 2.05) is 0 Å². The van der Waals surface area contributed by atoms with Crippen LogP contribution in [0.5, 0.6) is 11.5 Å². The third-order valence-electron chi connectivity index (χ3n) is 4.40. The van der Waals surface area contributed by atoms with Gasteiger partial charge in [-0.25, -0.2) is 0 Å². The molecule has 2 N–H and O–H groups in total. The molecule has 3 rings (SSSR count). The van der Waals surface area contributed by atoms with Crippen molar-refractivity contribution in [2.45, 2.75) is 13.1 Å². The zero-order valence-corrected chi connectivity index (χ0v) is 18.5. The maximum Gasteiger partial charge on any atom is 0.416 e. The molecule has 0 bridgehead atoms. The number of methoxy groups -OCH3 is 1. The average Bonchev–Trinajstić information content (AvgIpc) is 3.00. The quantitative estimate of drug-likeness (QED) is 0.589. The second-order valence-electron chi connectivity index (χ2n) is 6.70. The van der Waals surface area contributed by atoms with E-state index in [0.717, 1.165) is 17.1 Å². The van der Waals surface area contributed by atoms with Gasteiger partial charge >= 0.3 is 6.18 Å². The van der Waals surface area contributed by atoms with Gasteiger partial charge in [-0.15, -0.1) is 0 Å². The van der Waals surface area contributed by atoms with Crippen molar-refractivity contribution in [1.29, 1.82) is 0 Å². The number of hydrazone groups is 1. The number of alkyl halides is 3. The molecule has 0 aromatic heterocycles. The first-order valence-electron chi connectivity index (χ1n) is 9.09. The van der Waals surface area contributed by atoms with Crippen LogP contribution >= 0.6 is 15.9 Å². The Bertz CT molecular complexity index is 1150. The number of nitrogens with two attached hydrogens (primary N) is 1. The molecular weight excluding hydrogens is 495 g/mol. The van der Waals surface area contributed by atoms with Crippen molar-refractivity contribution in [1.82, 2.24) is 0 Å². The van der Waals surface area contributed by atoms with Crippen molar-refractivity contribution < 1.29 is 32.2 Å². The first-order valence-corrected chi connectivity index (χ1v) is 9.88. The van der Waals surface area contributed by atoms with E-state index in [1.54, 1.807) is 19.1 Å². The lowest BCUT2D eigenvalue weighted by Gasteiger charge is -2.14. The molecule has 2 aromatic rings. The summed E-state index contributed by atoms with van der Waals surface area (Å²) < 4.78 is 50.2. The highest BCUT2D eigenvalue weighted by Crippen LogP contribution is 2.38. The minimum Gasteiger partial charge on any atom is -0.493 e. The van der Waals surface area contributed by atoms with Gasteiger partial charge in [-0.2, -0.15) is 23.3 Å². The molecule has 0 atom stereocenters. The van der Waals surface area contributed by atoms with Gasteiger partial charge in [-0.05, 0) is 64.8 Å². The maximum atomic E-state index is 13.0. The van der Waals surface area contributed by atoms with E-state index in [0.29, 0.717) is 15.7 Å². The fraction of sp³-hybridized carbons (Fsp3) is 0.190. The summed E-state index contributed by atoms with van der Waals surface area (Å²) in [4.78, 5) is 23.9. The number of anilines is 1. The van der Waals surface area contributed by atoms with Gasteiger partial charge in [0.25, 0.3) is 11.8 Å². The Morgan fingerprint density at radius 3 is 2.62 bits per heavy atom. The Labute approximate surface area is 189 Å². The number of carbonyl (C=O) groups is 2. The molecule has 2 aromatic carbocycles. The molecule has 32 heavy (non-hydrogen) atoms. The van der Waals surface area contributed by atoms with Gasteiger partial charge in [-0.3, -0.25) is 9.59 Å². The summed E-state index contributed by atoms with van der Waals surface area (Å²) in [6.07, 6.45) is -3.02. The minimum atomic E-state index is -4.54. The van der Waals surface area contributed by atoms with E-state index < -0.39 is 23.6 Å². The van der Waals surface area contributed by atoms with Crippen molar-refractivity contribution >= 4 is 45.2 Å². The molecule has 1 aliphatic rings. The summed E-state index contributed by atoms with van der Waals surface area (Å²) in [6, 6.07) is 7.56. The molecule has 0 unspecified atom stereocenters. The van der Waals surface area contributed by atoms with Gasteiger partial charge in [-0.1, -0.05) is 6.07 Å². The second kappa shape index (κ2) is 9.03. The highest BCUT2D eigenvalue weighted by molar-refractivity contribution is 9.10. The molecule has 0 spiro atoms. The smallest absolute Gasteiger partial charge is 0.416 e. The summed E-state index contributed by atoms with van der Waals surface area (Å²) in [6.45, 7) is 1.22. The molecule has 0 saturated carbocycles. The molecule has 11 heteroatoms. The first-order chi connectivity index (χ1) is 15.0. The summed E-state index contributed by atoms with van der Waals surface area (Å²) >= 11 is 3.33. The van der Waals surface area contributed by atoms with Crippen LogP contribution in [0, 0.1) is 0 Å². The number of carbonyl (C=O) groups excluding carboxylic acids is 2. The van der Waals surface area contributed by atoms with Crippen molar-refractivity contribution in [3.63, 3.8) is 0 Å². The molecular formula is C21H17BrF3N3O4. The number of primary amides is 1. The molecule has 0 radical (unpaired) electrons. The van der Waals surface area contributed by atoms with E-state index in [-0.39, 0.29) is 29.4 Å². The van der Waals surface area contributed by atoms with Crippen LogP contribution in [0.1, 0.15) is 18.1 Å². The molecule has 1 heterocycles. The lowest BCUT2D eigenvalue weighted by atomic mass is 10.1. The fourth-order valence-electron chi connectivity index (χ4n) is 2.95. The standard InChI is InChI=1S/C21H17BrF3N3O4/c1-11-15(6-12-7-16(22)19(17(8-12)31-2)32-10-18(26)29)20(30)28(27-11)14-5-3-4-13(9-14)21(23,24)25/h3-9H,10H2,1-2H3,(H2,26,29). The monoisotopic (exact) mass is 511 g/mol. The first kappa shape index (κ1) is 23.3. The largest absolute Gasteiger partial charge is 0.493 e. The third kappa shape index (κ3) is 4.93. The lowest BCUT2D eigenvalue weighted by Crippen LogP contribution is -2.21. The topological polar surface area (TPSA) is 94.2 Å². The number of nitrogens with zero attached hydrogens (tertiary/aromatic N) is 2. The molecule has 2 amide bonds. The summed E-state index contributed by atoms with van der Waals surface area (Å²) in [5, 5.41) is 5.04. The van der Waals surface area contributed by atoms with Gasteiger partial charge in [0.05, 0.1) is 34.1 Å². The summed E-state index contributed by atoms with van der Waals surface area (Å²) in [5.74, 6) is -0.710. The van der Waals surface area contributed by atoms with Gasteiger partial charge in [0, 0.05) is 0 Å². The summed E-state index contributed by atoms with van der Waals surface area (Å²) in [7, 11) is 1.40. The fourth-order valence-corrected chi connectivity index (χ4v) is 3.52. The van der Waals surface area contributed by atoms with Crippen molar-refractivity contribution in [2.75, 3.05) is 18.7 Å². The van der Waals surface area contributed by atoms with Crippen LogP contribution in [0.25, 0.3) is 6.08 Å². The summed E-state index contributed by atoms with van der Waals surface area (Å²) in [5.41, 5.74) is 5.28. The Hall–Kier alpha value is -3.34. The van der Waals surface area contributed by atoms with Crippen LogP contribution < -0.4 is 20.2 Å². The molecule has 0 fully saturated rings. The van der Waals surface area contributed by atoms with Gasteiger partial charge in [0.2, 0.25) is 0 Å². The Balaban J connectivity index is 1.94. The van der Waals surface area contributed by atoms with Crippen LogP contribution in [-0.2, 0) is 15.8 Å². The van der Waals surface area contributed by atoms with E-state index in [4.69, 9.17) is 15.2 Å². The van der Waals surface area contributed by atoms with Gasteiger partial charge in [0.1, 0.15) is 0 Å². The number of amides is 2.